The molecule has 12 heteroatoms. The second-order valence-electron chi connectivity index (χ2n) is 19.5. The van der Waals surface area contributed by atoms with Gasteiger partial charge in [-0.2, -0.15) is 0 Å². The highest BCUT2D eigenvalue weighted by atomic mass is 16.7. The lowest BCUT2D eigenvalue weighted by Gasteiger charge is -2.40. The highest BCUT2D eigenvalue weighted by Gasteiger charge is 2.50. The van der Waals surface area contributed by atoms with Crippen LogP contribution in [0.3, 0.4) is 0 Å². The summed E-state index contributed by atoms with van der Waals surface area (Å²) in [4.78, 5) is 51.0. The van der Waals surface area contributed by atoms with Crippen molar-refractivity contribution in [3.8, 4) is 0 Å². The summed E-state index contributed by atoms with van der Waals surface area (Å²) in [5.74, 6) is -3.23. The summed E-state index contributed by atoms with van der Waals surface area (Å²) in [5, 5.41) is 31.4. The minimum absolute atomic E-state index is 0.0495. The number of carbonyl (C=O) groups excluding carboxylic acids is 3. The molecule has 1 heterocycles. The van der Waals surface area contributed by atoms with Crippen molar-refractivity contribution in [2.45, 2.75) is 263 Å². The van der Waals surface area contributed by atoms with E-state index in [1.54, 1.807) is 0 Å². The molecule has 3 N–H and O–H groups in total. The molecule has 0 aromatic heterocycles. The van der Waals surface area contributed by atoms with Crippen molar-refractivity contribution in [2.24, 2.45) is 0 Å². The number of unbranched alkanes of at least 4 members (excludes halogenated alkanes) is 18. The maximum Gasteiger partial charge on any atom is 0.335 e. The molecular formula is C63H102O12. The van der Waals surface area contributed by atoms with Gasteiger partial charge in [-0.1, -0.05) is 208 Å². The number of aliphatic hydroxyl groups excluding tert-OH is 2. The van der Waals surface area contributed by atoms with Crippen LogP contribution in [0.2, 0.25) is 0 Å². The Morgan fingerprint density at radius 2 is 0.853 bits per heavy atom. The number of aliphatic hydroxyl groups is 2. The lowest BCUT2D eigenvalue weighted by Crippen LogP contribution is -2.61. The Bertz CT molecular complexity index is 1670. The number of carboxylic acid groups (broad SMARTS) is 1. The molecule has 0 saturated carbocycles. The van der Waals surface area contributed by atoms with Gasteiger partial charge in [-0.3, -0.25) is 14.4 Å². The van der Waals surface area contributed by atoms with E-state index >= 15 is 0 Å². The van der Waals surface area contributed by atoms with Gasteiger partial charge in [0.15, 0.2) is 24.6 Å². The Balaban J connectivity index is 2.72. The van der Waals surface area contributed by atoms with Crippen LogP contribution in [0.5, 0.6) is 0 Å². The fraction of sp³-hybridized carbons (Fsp3) is 0.683. The second-order valence-corrected chi connectivity index (χ2v) is 19.5. The van der Waals surface area contributed by atoms with Crippen LogP contribution in [-0.2, 0) is 42.9 Å². The van der Waals surface area contributed by atoms with Crippen molar-refractivity contribution in [2.75, 3.05) is 13.2 Å². The Kier molecular flexibility index (Phi) is 46.2. The summed E-state index contributed by atoms with van der Waals surface area (Å²) < 4.78 is 28.3. The van der Waals surface area contributed by atoms with Gasteiger partial charge in [0.1, 0.15) is 18.8 Å². The van der Waals surface area contributed by atoms with Crippen LogP contribution in [0.15, 0.2) is 97.2 Å². The fourth-order valence-corrected chi connectivity index (χ4v) is 8.17. The first kappa shape index (κ1) is 68.7. The number of hydrogen-bond donors (Lipinski definition) is 3. The van der Waals surface area contributed by atoms with Crippen molar-refractivity contribution in [1.82, 2.24) is 0 Å². The zero-order chi connectivity index (χ0) is 54.7. The molecule has 6 atom stereocenters. The predicted octanol–water partition coefficient (Wildman–Crippen LogP) is 14.9. The van der Waals surface area contributed by atoms with Crippen LogP contribution in [0.25, 0.3) is 0 Å². The molecule has 12 nitrogen and oxygen atoms in total. The number of carboxylic acids is 1. The first-order valence-electron chi connectivity index (χ1n) is 29.2. The largest absolute Gasteiger partial charge is 0.479 e. The number of carbonyl (C=O) groups is 4. The quantitative estimate of drug-likeness (QED) is 0.0228. The van der Waals surface area contributed by atoms with E-state index in [4.69, 9.17) is 23.7 Å². The van der Waals surface area contributed by atoms with E-state index in [2.05, 4.69) is 106 Å². The molecule has 1 aliphatic rings. The van der Waals surface area contributed by atoms with Crippen LogP contribution >= 0.6 is 0 Å². The molecule has 0 aliphatic carbocycles. The Labute approximate surface area is 453 Å². The number of allylic oxidation sites excluding steroid dienone is 16. The van der Waals surface area contributed by atoms with Gasteiger partial charge in [-0.15, -0.1) is 0 Å². The van der Waals surface area contributed by atoms with E-state index in [1.807, 2.05) is 12.2 Å². The molecule has 0 aromatic carbocycles. The minimum Gasteiger partial charge on any atom is -0.479 e. The van der Waals surface area contributed by atoms with Gasteiger partial charge in [-0.25, -0.2) is 4.79 Å². The van der Waals surface area contributed by atoms with Gasteiger partial charge < -0.3 is 39.0 Å². The lowest BCUT2D eigenvalue weighted by molar-refractivity contribution is -0.301. The fourth-order valence-electron chi connectivity index (χ4n) is 8.17. The zero-order valence-electron chi connectivity index (χ0n) is 46.8. The molecule has 0 bridgehead atoms. The normalized spacial score (nSPS) is 18.9. The minimum atomic E-state index is -1.91. The average Bonchev–Trinajstić information content (AvgIpc) is 3.39. The lowest BCUT2D eigenvalue weighted by atomic mass is 9.98. The smallest absolute Gasteiger partial charge is 0.335 e. The number of aliphatic carboxylic acids is 1. The molecule has 0 aromatic rings. The van der Waals surface area contributed by atoms with E-state index < -0.39 is 67.3 Å². The van der Waals surface area contributed by atoms with Gasteiger partial charge in [0, 0.05) is 19.3 Å². The second kappa shape index (κ2) is 50.5. The first-order valence-corrected chi connectivity index (χ1v) is 29.2. The third-order valence-corrected chi connectivity index (χ3v) is 12.6. The van der Waals surface area contributed by atoms with E-state index in [0.717, 1.165) is 109 Å². The first-order chi connectivity index (χ1) is 36.6. The highest BCUT2D eigenvalue weighted by Crippen LogP contribution is 2.26. The SMILES string of the molecule is CC/C=C\C/C=C\C/C=C\C/C=C\C/C=C\CCCC(=O)OC(COC(=O)CCCCCCCC/C=C\C/C=C\C/C=C\CCCCC)COC1OC(C(=O)O)C(O)C(O)C1OC(=O)CCCCCCCCCCC. The van der Waals surface area contributed by atoms with Crippen molar-refractivity contribution in [1.29, 1.82) is 0 Å². The Morgan fingerprint density at radius 3 is 1.35 bits per heavy atom. The summed E-state index contributed by atoms with van der Waals surface area (Å²) in [6.45, 7) is 5.75. The molecular weight excluding hydrogens is 949 g/mol. The van der Waals surface area contributed by atoms with Crippen molar-refractivity contribution >= 4 is 23.9 Å². The van der Waals surface area contributed by atoms with Crippen LogP contribution < -0.4 is 0 Å². The van der Waals surface area contributed by atoms with Gasteiger partial charge in [0.2, 0.25) is 0 Å². The molecule has 426 valence electrons. The third kappa shape index (κ3) is 40.6. The number of esters is 3. The summed E-state index contributed by atoms with van der Waals surface area (Å²) in [6.07, 6.45) is 54.0. The van der Waals surface area contributed by atoms with Crippen molar-refractivity contribution < 1.29 is 58.2 Å². The molecule has 6 unspecified atom stereocenters. The van der Waals surface area contributed by atoms with Crippen LogP contribution in [-0.4, -0.2) is 89.2 Å². The summed E-state index contributed by atoms with van der Waals surface area (Å²) >= 11 is 0. The molecule has 1 rings (SSSR count). The van der Waals surface area contributed by atoms with E-state index in [1.165, 1.54) is 51.4 Å². The standard InChI is InChI=1S/C63H102O12/c1-4-7-10-13-16-19-21-23-25-27-28-30-31-33-35-38-40-43-46-49-55(64)71-52-54(73-56(65)50-47-44-42-39-36-34-32-29-26-24-22-20-17-14-11-8-5-2)53-72-63-61(59(68)58(67)60(75-63)62(69)70)74-57(66)51-48-45-41-37-18-15-12-9-6-3/h8,11,16-17,19-20,23-26,28,30,32,34,39,42,54,58-61,63,67-68H,4-7,9-10,12-15,18,21-22,27,29,31,33,35-38,40-41,43-53H2,1-3H3,(H,69,70)/b11-8-,19-16-,20-17-,25-23-,26-24-,30-28-,34-32-,42-39-. The van der Waals surface area contributed by atoms with Crippen molar-refractivity contribution in [3.63, 3.8) is 0 Å². The van der Waals surface area contributed by atoms with Crippen LogP contribution in [0.1, 0.15) is 226 Å². The van der Waals surface area contributed by atoms with Gasteiger partial charge in [0.05, 0.1) is 6.61 Å². The molecule has 1 fully saturated rings. The van der Waals surface area contributed by atoms with Gasteiger partial charge in [-0.05, 0) is 96.3 Å². The highest BCUT2D eigenvalue weighted by molar-refractivity contribution is 5.74. The summed E-state index contributed by atoms with van der Waals surface area (Å²) in [5.41, 5.74) is 0. The Morgan fingerprint density at radius 1 is 0.453 bits per heavy atom. The monoisotopic (exact) mass is 1050 g/mol. The maximum atomic E-state index is 13.1. The van der Waals surface area contributed by atoms with E-state index in [0.29, 0.717) is 25.7 Å². The number of rotatable bonds is 48. The van der Waals surface area contributed by atoms with Gasteiger partial charge >= 0.3 is 23.9 Å². The number of ether oxygens (including phenoxy) is 5. The molecule has 75 heavy (non-hydrogen) atoms. The zero-order valence-corrected chi connectivity index (χ0v) is 46.8. The maximum absolute atomic E-state index is 13.1. The Hall–Kier alpha value is -4.36. The van der Waals surface area contributed by atoms with E-state index in [-0.39, 0.29) is 25.9 Å². The summed E-state index contributed by atoms with van der Waals surface area (Å²) in [6, 6.07) is 0. The molecule has 1 aliphatic heterocycles. The topological polar surface area (TPSA) is 175 Å². The summed E-state index contributed by atoms with van der Waals surface area (Å²) in [7, 11) is 0. The molecule has 1 saturated heterocycles. The molecule has 0 radical (unpaired) electrons. The van der Waals surface area contributed by atoms with Crippen LogP contribution in [0.4, 0.5) is 0 Å². The third-order valence-electron chi connectivity index (χ3n) is 12.6. The van der Waals surface area contributed by atoms with Crippen LogP contribution in [0, 0.1) is 0 Å². The molecule has 0 amide bonds. The predicted molar refractivity (Wildman–Crippen MR) is 303 cm³/mol. The van der Waals surface area contributed by atoms with E-state index in [9.17, 15) is 34.5 Å². The average molecular weight is 1050 g/mol. The van der Waals surface area contributed by atoms with Gasteiger partial charge in [0.25, 0.3) is 0 Å². The number of hydrogen-bond acceptors (Lipinski definition) is 11. The molecule has 0 spiro atoms. The van der Waals surface area contributed by atoms with Crippen molar-refractivity contribution in [3.05, 3.63) is 97.2 Å².